The van der Waals surface area contributed by atoms with Crippen LogP contribution >= 0.6 is 0 Å². The molecule has 4 heterocycles. The molecule has 1 saturated heterocycles. The number of benzene rings is 2. The molecule has 2 atom stereocenters. The van der Waals surface area contributed by atoms with Crippen molar-refractivity contribution in [1.29, 1.82) is 0 Å². The third-order valence-electron chi connectivity index (χ3n) is 7.90. The van der Waals surface area contributed by atoms with Crippen LogP contribution < -0.4 is 14.8 Å². The van der Waals surface area contributed by atoms with Gasteiger partial charge in [0, 0.05) is 52.2 Å². The highest BCUT2D eigenvalue weighted by molar-refractivity contribution is 5.93. The Kier molecular flexibility index (Phi) is 10.9. The minimum absolute atomic E-state index is 0.121. The van der Waals surface area contributed by atoms with E-state index in [0.29, 0.717) is 61.8 Å². The van der Waals surface area contributed by atoms with E-state index >= 15 is 0 Å². The lowest BCUT2D eigenvalue weighted by atomic mass is 10.0. The molecular weight excluding hydrogens is 578 g/mol. The quantitative estimate of drug-likeness (QED) is 0.415. The van der Waals surface area contributed by atoms with Crippen molar-refractivity contribution in [2.75, 3.05) is 47.0 Å². The number of ether oxygens (including phenoxy) is 4. The van der Waals surface area contributed by atoms with Crippen molar-refractivity contribution >= 4 is 17.7 Å². The molecule has 2 aromatic carbocycles. The lowest BCUT2D eigenvalue weighted by molar-refractivity contribution is -0.137. The average Bonchev–Trinajstić information content (AvgIpc) is 3.06. The van der Waals surface area contributed by atoms with Crippen molar-refractivity contribution in [3.63, 3.8) is 0 Å². The summed E-state index contributed by atoms with van der Waals surface area (Å²) in [4.78, 5) is 51.3. The molecular formula is C33H39N5O7. The number of hydrogen-bond acceptors (Lipinski definition) is 9. The first-order chi connectivity index (χ1) is 21.9. The number of amides is 3. The summed E-state index contributed by atoms with van der Waals surface area (Å²) in [5.41, 5.74) is 2.17. The number of piperidine rings is 1. The van der Waals surface area contributed by atoms with E-state index in [1.165, 1.54) is 18.7 Å². The third kappa shape index (κ3) is 8.55. The molecule has 0 saturated carbocycles. The van der Waals surface area contributed by atoms with E-state index < -0.39 is 6.04 Å². The molecule has 238 valence electrons. The molecule has 1 aromatic heterocycles. The maximum Gasteiger partial charge on any atom is 0.257 e. The second-order valence-electron chi connectivity index (χ2n) is 11.1. The number of aryl methyl sites for hydroxylation is 1. The largest absolute Gasteiger partial charge is 0.493 e. The summed E-state index contributed by atoms with van der Waals surface area (Å²) in [6.07, 6.45) is 5.71. The van der Waals surface area contributed by atoms with Gasteiger partial charge in [-0.25, -0.2) is 9.97 Å². The predicted octanol–water partition coefficient (Wildman–Crippen LogP) is 3.00. The van der Waals surface area contributed by atoms with Crippen LogP contribution in [0.3, 0.4) is 0 Å². The molecule has 45 heavy (non-hydrogen) atoms. The van der Waals surface area contributed by atoms with Gasteiger partial charge in [-0.15, -0.1) is 0 Å². The van der Waals surface area contributed by atoms with Crippen LogP contribution in [0.2, 0.25) is 0 Å². The van der Waals surface area contributed by atoms with Crippen molar-refractivity contribution in [1.82, 2.24) is 25.1 Å². The molecule has 3 aliphatic heterocycles. The van der Waals surface area contributed by atoms with Crippen molar-refractivity contribution < 1.29 is 33.3 Å². The number of fused-ring (bicyclic) bond motifs is 9. The molecule has 3 amide bonds. The average molecular weight is 618 g/mol. The first-order valence-corrected chi connectivity index (χ1v) is 15.1. The maximum atomic E-state index is 13.5. The van der Waals surface area contributed by atoms with Gasteiger partial charge in [0.05, 0.1) is 38.0 Å². The Morgan fingerprint density at radius 3 is 2.71 bits per heavy atom. The van der Waals surface area contributed by atoms with Gasteiger partial charge in [0.15, 0.2) is 11.5 Å². The van der Waals surface area contributed by atoms with Crippen LogP contribution in [0.4, 0.5) is 0 Å². The van der Waals surface area contributed by atoms with E-state index in [2.05, 4.69) is 15.3 Å². The monoisotopic (exact) mass is 617 g/mol. The van der Waals surface area contributed by atoms with Gasteiger partial charge in [0.2, 0.25) is 11.8 Å². The Hall–Kier alpha value is -4.55. The number of methoxy groups -OCH3 is 2. The van der Waals surface area contributed by atoms with Gasteiger partial charge in [0.25, 0.3) is 5.91 Å². The van der Waals surface area contributed by atoms with Gasteiger partial charge < -0.3 is 34.1 Å². The molecule has 12 nitrogen and oxygen atoms in total. The second-order valence-corrected chi connectivity index (χ2v) is 11.1. The summed E-state index contributed by atoms with van der Waals surface area (Å²) in [6, 6.07) is 12.7. The summed E-state index contributed by atoms with van der Waals surface area (Å²) in [5.74, 6) is 1.05. The molecule has 0 aliphatic carbocycles. The zero-order valence-electron chi connectivity index (χ0n) is 25.6. The summed E-state index contributed by atoms with van der Waals surface area (Å²) < 4.78 is 23.3. The van der Waals surface area contributed by atoms with E-state index in [-0.39, 0.29) is 49.9 Å². The molecule has 1 fully saturated rings. The number of nitrogens with zero attached hydrogens (tertiary/aromatic N) is 4. The fraction of sp³-hybridized carbons (Fsp3) is 0.424. The van der Waals surface area contributed by atoms with E-state index in [9.17, 15) is 14.4 Å². The van der Waals surface area contributed by atoms with Gasteiger partial charge in [-0.3, -0.25) is 14.4 Å². The van der Waals surface area contributed by atoms with Crippen LogP contribution in [-0.2, 0) is 32.1 Å². The predicted molar refractivity (Wildman–Crippen MR) is 164 cm³/mol. The highest BCUT2D eigenvalue weighted by Crippen LogP contribution is 2.33. The number of likely N-dealkylation sites (tertiary alicyclic amines) is 1. The number of carbonyl (C=O) groups excluding carboxylic acids is 3. The lowest BCUT2D eigenvalue weighted by Gasteiger charge is -2.39. The van der Waals surface area contributed by atoms with Crippen LogP contribution in [0.5, 0.6) is 17.2 Å². The summed E-state index contributed by atoms with van der Waals surface area (Å²) >= 11 is 0. The Balaban J connectivity index is 1.41. The molecule has 0 unspecified atom stereocenters. The molecule has 6 rings (SSSR count). The number of hydrogen-bond donors (Lipinski definition) is 1. The Bertz CT molecular complexity index is 1470. The van der Waals surface area contributed by atoms with Crippen molar-refractivity contribution in [3.05, 3.63) is 77.9 Å². The Morgan fingerprint density at radius 1 is 1.07 bits per heavy atom. The molecule has 1 N–H and O–H groups in total. The normalized spacial score (nSPS) is 19.4. The van der Waals surface area contributed by atoms with Crippen molar-refractivity contribution in [2.45, 2.75) is 44.4 Å². The van der Waals surface area contributed by atoms with E-state index in [0.717, 1.165) is 11.1 Å². The minimum Gasteiger partial charge on any atom is -0.493 e. The minimum atomic E-state index is -0.503. The highest BCUT2D eigenvalue weighted by Gasteiger charge is 2.34. The lowest BCUT2D eigenvalue weighted by Crippen LogP contribution is -2.58. The van der Waals surface area contributed by atoms with Crippen LogP contribution in [0.25, 0.3) is 0 Å². The zero-order valence-corrected chi connectivity index (χ0v) is 25.6. The molecule has 0 radical (unpaired) electrons. The molecule has 4 bridgehead atoms. The maximum absolute atomic E-state index is 13.5. The van der Waals surface area contributed by atoms with Gasteiger partial charge in [-0.05, 0) is 54.7 Å². The van der Waals surface area contributed by atoms with Gasteiger partial charge >= 0.3 is 0 Å². The summed E-state index contributed by atoms with van der Waals surface area (Å²) in [5, 5.41) is 3.07. The summed E-state index contributed by atoms with van der Waals surface area (Å²) in [6.45, 7) is 1.65. The first-order valence-electron chi connectivity index (χ1n) is 15.1. The molecule has 3 aromatic rings. The van der Waals surface area contributed by atoms with Gasteiger partial charge in [-0.1, -0.05) is 18.2 Å². The third-order valence-corrected chi connectivity index (χ3v) is 7.90. The van der Waals surface area contributed by atoms with Gasteiger partial charge in [0.1, 0.15) is 12.1 Å². The van der Waals surface area contributed by atoms with E-state index in [1.807, 2.05) is 42.5 Å². The molecule has 0 spiro atoms. The second kappa shape index (κ2) is 15.4. The van der Waals surface area contributed by atoms with Crippen LogP contribution in [0.1, 0.15) is 40.7 Å². The standard InChI is InChI=1S/C33H39N5O7/c1-42-14-4-12-37-20-31(39)36-27-19-38(33(41)25-17-34-22-35-18-25)13-11-28(27)44-21-24-5-3-6-26(15-24)45-29-9-7-23(8-10-32(37)40)16-30(29)43-2/h3,5-7,9,15-18,22,27-28H,4,8,10-14,19-21H2,1-2H3,(H,36,39)/t27-,28+/m0/s1. The number of nitrogens with one attached hydrogen (secondary N) is 1. The number of aromatic nitrogens is 2. The fourth-order valence-corrected chi connectivity index (χ4v) is 5.55. The molecule has 3 aliphatic rings. The van der Waals surface area contributed by atoms with Gasteiger partial charge in [-0.2, -0.15) is 0 Å². The Labute approximate surface area is 262 Å². The SMILES string of the molecule is COCCCN1CC(=O)N[C@H]2CN(C(=O)c3cncnc3)CC[C@H]2OCc2cccc(c2)Oc2ccc(cc2OC)CCC1=O. The summed E-state index contributed by atoms with van der Waals surface area (Å²) in [7, 11) is 3.18. The number of carbonyl (C=O) groups is 3. The zero-order chi connectivity index (χ0) is 31.6. The fourth-order valence-electron chi connectivity index (χ4n) is 5.55. The smallest absolute Gasteiger partial charge is 0.257 e. The highest BCUT2D eigenvalue weighted by atomic mass is 16.5. The molecule has 12 heteroatoms. The van der Waals surface area contributed by atoms with Crippen LogP contribution in [0.15, 0.2) is 61.2 Å². The van der Waals surface area contributed by atoms with Crippen LogP contribution in [0, 0.1) is 0 Å². The van der Waals surface area contributed by atoms with Crippen molar-refractivity contribution in [2.24, 2.45) is 0 Å². The van der Waals surface area contributed by atoms with Crippen LogP contribution in [-0.4, -0.2) is 96.6 Å². The van der Waals surface area contributed by atoms with Crippen molar-refractivity contribution in [3.8, 4) is 17.2 Å². The number of rotatable bonds is 6. The first kappa shape index (κ1) is 31.9. The van der Waals surface area contributed by atoms with E-state index in [1.54, 1.807) is 24.0 Å². The van der Waals surface area contributed by atoms with E-state index in [4.69, 9.17) is 18.9 Å². The topological polar surface area (TPSA) is 132 Å². The Morgan fingerprint density at radius 2 is 1.91 bits per heavy atom.